The first kappa shape index (κ1) is 13.7. The van der Waals surface area contributed by atoms with Crippen LogP contribution < -0.4 is 16.4 Å². The van der Waals surface area contributed by atoms with Crippen LogP contribution >= 0.6 is 0 Å². The lowest BCUT2D eigenvalue weighted by molar-refractivity contribution is 0.0994. The molecule has 1 saturated heterocycles. The SMILES string of the molecule is CC1(C)CCCNC1CNc1ccc(C(N)=O)nn1. The van der Waals surface area contributed by atoms with Crippen LogP contribution in [-0.2, 0) is 0 Å². The molecule has 6 nitrogen and oxygen atoms in total. The van der Waals surface area contributed by atoms with Crippen LogP contribution in [0.3, 0.4) is 0 Å². The van der Waals surface area contributed by atoms with Crippen molar-refractivity contribution in [3.05, 3.63) is 17.8 Å². The fourth-order valence-electron chi connectivity index (χ4n) is 2.38. The van der Waals surface area contributed by atoms with Crippen molar-refractivity contribution in [1.29, 1.82) is 0 Å². The molecular formula is C13H21N5O. The smallest absolute Gasteiger partial charge is 0.269 e. The molecule has 0 bridgehead atoms. The molecule has 1 unspecified atom stereocenters. The number of carbonyl (C=O) groups excluding carboxylic acids is 1. The molecule has 6 heteroatoms. The number of hydrogen-bond acceptors (Lipinski definition) is 5. The van der Waals surface area contributed by atoms with Gasteiger partial charge in [0.1, 0.15) is 5.82 Å². The average Bonchev–Trinajstić information content (AvgIpc) is 2.37. The Bertz CT molecular complexity index is 443. The van der Waals surface area contributed by atoms with Gasteiger partial charge in [0.25, 0.3) is 5.91 Å². The number of piperidine rings is 1. The van der Waals surface area contributed by atoms with Crippen molar-refractivity contribution in [2.24, 2.45) is 11.1 Å². The van der Waals surface area contributed by atoms with Crippen LogP contribution in [0.2, 0.25) is 0 Å². The van der Waals surface area contributed by atoms with E-state index in [-0.39, 0.29) is 11.1 Å². The average molecular weight is 263 g/mol. The molecule has 1 aliphatic rings. The third-order valence-corrected chi connectivity index (χ3v) is 3.74. The van der Waals surface area contributed by atoms with Gasteiger partial charge in [-0.2, -0.15) is 0 Å². The minimum atomic E-state index is -0.561. The Labute approximate surface area is 113 Å². The minimum Gasteiger partial charge on any atom is -0.367 e. The van der Waals surface area contributed by atoms with E-state index >= 15 is 0 Å². The Hall–Kier alpha value is -1.69. The van der Waals surface area contributed by atoms with Crippen molar-refractivity contribution in [3.8, 4) is 0 Å². The van der Waals surface area contributed by atoms with Gasteiger partial charge in [-0.15, -0.1) is 10.2 Å². The van der Waals surface area contributed by atoms with Gasteiger partial charge in [-0.25, -0.2) is 0 Å². The van der Waals surface area contributed by atoms with E-state index in [4.69, 9.17) is 5.73 Å². The normalized spacial score (nSPS) is 21.9. The summed E-state index contributed by atoms with van der Waals surface area (Å²) in [5.41, 5.74) is 5.57. The number of nitrogens with zero attached hydrogens (tertiary/aromatic N) is 2. The summed E-state index contributed by atoms with van der Waals surface area (Å²) in [6.45, 7) is 6.39. The van der Waals surface area contributed by atoms with Crippen LogP contribution in [0, 0.1) is 5.41 Å². The minimum absolute atomic E-state index is 0.182. The molecule has 1 aliphatic heterocycles. The Morgan fingerprint density at radius 2 is 2.32 bits per heavy atom. The van der Waals surface area contributed by atoms with Crippen molar-refractivity contribution in [1.82, 2.24) is 15.5 Å². The van der Waals surface area contributed by atoms with Crippen molar-refractivity contribution in [2.45, 2.75) is 32.7 Å². The van der Waals surface area contributed by atoms with Gasteiger partial charge in [0, 0.05) is 12.6 Å². The molecule has 0 spiro atoms. The highest BCUT2D eigenvalue weighted by atomic mass is 16.1. The molecular weight excluding hydrogens is 242 g/mol. The Morgan fingerprint density at radius 3 is 2.89 bits per heavy atom. The van der Waals surface area contributed by atoms with Gasteiger partial charge in [0.15, 0.2) is 5.69 Å². The van der Waals surface area contributed by atoms with E-state index in [1.807, 2.05) is 0 Å². The molecule has 0 radical (unpaired) electrons. The number of hydrogen-bond donors (Lipinski definition) is 3. The van der Waals surface area contributed by atoms with Crippen LogP contribution in [0.1, 0.15) is 37.2 Å². The number of amides is 1. The standard InChI is InChI=1S/C13H21N5O/c1-13(2)6-3-7-15-10(13)8-16-11-5-4-9(12(14)19)17-18-11/h4-5,10,15H,3,6-8H2,1-2H3,(H2,14,19)(H,16,18). The van der Waals surface area contributed by atoms with E-state index in [0.29, 0.717) is 11.9 Å². The zero-order valence-corrected chi connectivity index (χ0v) is 11.4. The summed E-state index contributed by atoms with van der Waals surface area (Å²) in [4.78, 5) is 10.9. The number of rotatable bonds is 4. The van der Waals surface area contributed by atoms with Crippen molar-refractivity contribution < 1.29 is 4.79 Å². The van der Waals surface area contributed by atoms with Crippen LogP contribution in [0.15, 0.2) is 12.1 Å². The van der Waals surface area contributed by atoms with E-state index in [1.165, 1.54) is 12.8 Å². The lowest BCUT2D eigenvalue weighted by Gasteiger charge is -2.39. The topological polar surface area (TPSA) is 92.9 Å². The van der Waals surface area contributed by atoms with Crippen molar-refractivity contribution >= 4 is 11.7 Å². The predicted octanol–water partition coefficient (Wildman–Crippen LogP) is 0.766. The highest BCUT2D eigenvalue weighted by Gasteiger charge is 2.31. The lowest BCUT2D eigenvalue weighted by atomic mass is 9.77. The van der Waals surface area contributed by atoms with Crippen molar-refractivity contribution in [2.75, 3.05) is 18.4 Å². The van der Waals surface area contributed by atoms with E-state index in [1.54, 1.807) is 12.1 Å². The molecule has 4 N–H and O–H groups in total. The lowest BCUT2D eigenvalue weighted by Crippen LogP contribution is -2.50. The molecule has 0 aliphatic carbocycles. The first-order chi connectivity index (χ1) is 8.99. The summed E-state index contributed by atoms with van der Waals surface area (Å²) >= 11 is 0. The number of nitrogens with two attached hydrogens (primary N) is 1. The van der Waals surface area contributed by atoms with E-state index in [2.05, 4.69) is 34.7 Å². The Morgan fingerprint density at radius 1 is 1.53 bits per heavy atom. The van der Waals surface area contributed by atoms with Crippen LogP contribution in [0.5, 0.6) is 0 Å². The molecule has 2 rings (SSSR count). The molecule has 1 aromatic heterocycles. The zero-order chi connectivity index (χ0) is 13.9. The largest absolute Gasteiger partial charge is 0.367 e. The molecule has 0 saturated carbocycles. The van der Waals surface area contributed by atoms with E-state index in [9.17, 15) is 4.79 Å². The predicted molar refractivity (Wildman–Crippen MR) is 73.8 cm³/mol. The maximum atomic E-state index is 10.9. The van der Waals surface area contributed by atoms with E-state index < -0.39 is 5.91 Å². The van der Waals surface area contributed by atoms with Gasteiger partial charge in [-0.1, -0.05) is 13.8 Å². The highest BCUT2D eigenvalue weighted by Crippen LogP contribution is 2.29. The van der Waals surface area contributed by atoms with Gasteiger partial charge in [-0.05, 0) is 36.9 Å². The maximum Gasteiger partial charge on any atom is 0.269 e. The van der Waals surface area contributed by atoms with Gasteiger partial charge in [0.2, 0.25) is 0 Å². The number of primary amides is 1. The second-order valence-electron chi connectivity index (χ2n) is 5.65. The second kappa shape index (κ2) is 5.52. The summed E-state index contributed by atoms with van der Waals surface area (Å²) in [7, 11) is 0. The van der Waals surface area contributed by atoms with Gasteiger partial charge in [-0.3, -0.25) is 4.79 Å². The fraction of sp³-hybridized carbons (Fsp3) is 0.615. The summed E-state index contributed by atoms with van der Waals surface area (Å²) in [5.74, 6) is 0.0994. The maximum absolute atomic E-state index is 10.9. The van der Waals surface area contributed by atoms with Crippen LogP contribution in [0.4, 0.5) is 5.82 Å². The van der Waals surface area contributed by atoms with Gasteiger partial charge >= 0.3 is 0 Å². The van der Waals surface area contributed by atoms with Crippen LogP contribution in [0.25, 0.3) is 0 Å². The van der Waals surface area contributed by atoms with Gasteiger partial charge in [0.05, 0.1) is 0 Å². The quantitative estimate of drug-likeness (QED) is 0.746. The third-order valence-electron chi connectivity index (χ3n) is 3.74. The summed E-state index contributed by atoms with van der Waals surface area (Å²) in [6, 6.07) is 3.71. The number of aromatic nitrogens is 2. The van der Waals surface area contributed by atoms with Crippen LogP contribution in [-0.4, -0.2) is 35.2 Å². The second-order valence-corrected chi connectivity index (χ2v) is 5.65. The first-order valence-electron chi connectivity index (χ1n) is 6.60. The molecule has 1 aromatic rings. The monoisotopic (exact) mass is 263 g/mol. The molecule has 19 heavy (non-hydrogen) atoms. The zero-order valence-electron chi connectivity index (χ0n) is 11.4. The number of nitrogens with one attached hydrogen (secondary N) is 2. The molecule has 2 heterocycles. The number of anilines is 1. The van der Waals surface area contributed by atoms with E-state index in [0.717, 1.165) is 13.1 Å². The third kappa shape index (κ3) is 3.41. The number of carbonyl (C=O) groups is 1. The van der Waals surface area contributed by atoms with Crippen molar-refractivity contribution in [3.63, 3.8) is 0 Å². The molecule has 104 valence electrons. The Balaban J connectivity index is 1.93. The Kier molecular flexibility index (Phi) is 3.99. The summed E-state index contributed by atoms with van der Waals surface area (Å²) in [6.07, 6.45) is 2.44. The molecule has 1 fully saturated rings. The molecule has 1 atom stereocenters. The summed E-state index contributed by atoms with van der Waals surface area (Å²) < 4.78 is 0. The summed E-state index contributed by atoms with van der Waals surface area (Å²) in [5, 5.41) is 14.5. The van der Waals surface area contributed by atoms with Gasteiger partial charge < -0.3 is 16.4 Å². The fourth-order valence-corrected chi connectivity index (χ4v) is 2.38. The first-order valence-corrected chi connectivity index (χ1v) is 6.60. The molecule has 1 amide bonds. The molecule has 0 aromatic carbocycles. The highest BCUT2D eigenvalue weighted by molar-refractivity contribution is 5.90.